The van der Waals surface area contributed by atoms with Crippen LogP contribution in [0.3, 0.4) is 0 Å². The summed E-state index contributed by atoms with van der Waals surface area (Å²) in [5.74, 6) is -0.974. The lowest BCUT2D eigenvalue weighted by Gasteiger charge is -1.96. The zero-order chi connectivity index (χ0) is 12.0. The summed E-state index contributed by atoms with van der Waals surface area (Å²) in [6.07, 6.45) is 0. The second-order valence-corrected chi connectivity index (χ2v) is 4.16. The van der Waals surface area contributed by atoms with Crippen LogP contribution in [0, 0.1) is 0 Å². The Kier molecular flexibility index (Phi) is 2.09. The standard InChI is InChI=1S/C13H7ClO3/c14-7-4-5-10-9(6-7)12-8(13(15)16)2-1-3-11(12)17-10/h1-6H,(H,15,16). The lowest BCUT2D eigenvalue weighted by atomic mass is 10.1. The van der Waals surface area contributed by atoms with Crippen LogP contribution in [0.5, 0.6) is 0 Å². The molecule has 4 heteroatoms. The van der Waals surface area contributed by atoms with Gasteiger partial charge >= 0.3 is 5.97 Å². The van der Waals surface area contributed by atoms with Gasteiger partial charge < -0.3 is 9.52 Å². The van der Waals surface area contributed by atoms with Crippen LogP contribution < -0.4 is 0 Å². The third-order valence-corrected chi connectivity index (χ3v) is 2.92. The highest BCUT2D eigenvalue weighted by Crippen LogP contribution is 2.32. The number of carboxylic acid groups (broad SMARTS) is 1. The molecule has 0 unspecified atom stereocenters. The number of carboxylic acids is 1. The quantitative estimate of drug-likeness (QED) is 0.708. The third kappa shape index (κ3) is 1.47. The molecule has 0 aliphatic rings. The summed E-state index contributed by atoms with van der Waals surface area (Å²) < 4.78 is 5.58. The molecule has 0 atom stereocenters. The van der Waals surface area contributed by atoms with E-state index in [1.807, 2.05) is 0 Å². The van der Waals surface area contributed by atoms with Gasteiger partial charge in [0.25, 0.3) is 0 Å². The summed E-state index contributed by atoms with van der Waals surface area (Å²) in [5.41, 5.74) is 1.42. The molecule has 0 saturated heterocycles. The van der Waals surface area contributed by atoms with Crippen LogP contribution in [0.15, 0.2) is 40.8 Å². The highest BCUT2D eigenvalue weighted by molar-refractivity contribution is 6.32. The number of furan rings is 1. The van der Waals surface area contributed by atoms with Crippen molar-refractivity contribution in [2.45, 2.75) is 0 Å². The fourth-order valence-electron chi connectivity index (χ4n) is 1.98. The van der Waals surface area contributed by atoms with Crippen LogP contribution in [0.2, 0.25) is 5.02 Å². The van der Waals surface area contributed by atoms with Crippen molar-refractivity contribution in [3.63, 3.8) is 0 Å². The Morgan fingerprint density at radius 2 is 2.00 bits per heavy atom. The molecule has 17 heavy (non-hydrogen) atoms. The number of hydrogen-bond donors (Lipinski definition) is 1. The summed E-state index contributed by atoms with van der Waals surface area (Å²) in [6.45, 7) is 0. The molecule has 0 fully saturated rings. The Morgan fingerprint density at radius 3 is 2.76 bits per heavy atom. The highest BCUT2D eigenvalue weighted by Gasteiger charge is 2.15. The van der Waals surface area contributed by atoms with E-state index in [0.29, 0.717) is 21.6 Å². The first-order valence-electron chi connectivity index (χ1n) is 5.01. The minimum Gasteiger partial charge on any atom is -0.478 e. The Morgan fingerprint density at radius 1 is 1.18 bits per heavy atom. The molecule has 0 aliphatic heterocycles. The fourth-order valence-corrected chi connectivity index (χ4v) is 2.15. The van der Waals surface area contributed by atoms with Gasteiger partial charge in [0.2, 0.25) is 0 Å². The second kappa shape index (κ2) is 3.50. The van der Waals surface area contributed by atoms with Gasteiger partial charge in [-0.25, -0.2) is 4.79 Å². The Hall–Kier alpha value is -2.00. The minimum absolute atomic E-state index is 0.225. The summed E-state index contributed by atoms with van der Waals surface area (Å²) in [4.78, 5) is 11.2. The number of aromatic carboxylic acids is 1. The average Bonchev–Trinajstić information content (AvgIpc) is 2.66. The van der Waals surface area contributed by atoms with Crippen molar-refractivity contribution < 1.29 is 14.3 Å². The Bertz CT molecular complexity index is 743. The van der Waals surface area contributed by atoms with Crippen LogP contribution in [0.1, 0.15) is 10.4 Å². The van der Waals surface area contributed by atoms with Crippen molar-refractivity contribution >= 4 is 39.5 Å². The Labute approximate surface area is 101 Å². The van der Waals surface area contributed by atoms with Gasteiger partial charge in [-0.1, -0.05) is 17.7 Å². The second-order valence-electron chi connectivity index (χ2n) is 3.73. The van der Waals surface area contributed by atoms with Crippen molar-refractivity contribution in [3.8, 4) is 0 Å². The number of benzene rings is 2. The van der Waals surface area contributed by atoms with Crippen molar-refractivity contribution in [2.24, 2.45) is 0 Å². The van der Waals surface area contributed by atoms with Crippen LogP contribution in [0.25, 0.3) is 21.9 Å². The van der Waals surface area contributed by atoms with E-state index in [0.717, 1.165) is 5.39 Å². The summed E-state index contributed by atoms with van der Waals surface area (Å²) in [7, 11) is 0. The molecule has 3 nitrogen and oxygen atoms in total. The van der Waals surface area contributed by atoms with Crippen LogP contribution in [-0.4, -0.2) is 11.1 Å². The molecule has 1 heterocycles. The van der Waals surface area contributed by atoms with E-state index >= 15 is 0 Å². The van der Waals surface area contributed by atoms with E-state index in [9.17, 15) is 4.79 Å². The predicted octanol–water partition coefficient (Wildman–Crippen LogP) is 3.94. The zero-order valence-electron chi connectivity index (χ0n) is 8.61. The van der Waals surface area contributed by atoms with Crippen molar-refractivity contribution in [1.82, 2.24) is 0 Å². The first kappa shape index (κ1) is 10.2. The molecule has 3 rings (SSSR count). The summed E-state index contributed by atoms with van der Waals surface area (Å²) in [6, 6.07) is 10.1. The smallest absolute Gasteiger partial charge is 0.336 e. The molecule has 2 aromatic carbocycles. The molecule has 0 saturated carbocycles. The van der Waals surface area contributed by atoms with Gasteiger partial charge in [0.15, 0.2) is 0 Å². The maximum Gasteiger partial charge on any atom is 0.336 e. The molecule has 1 N–H and O–H groups in total. The zero-order valence-corrected chi connectivity index (χ0v) is 9.36. The topological polar surface area (TPSA) is 50.4 Å². The predicted molar refractivity (Wildman–Crippen MR) is 65.7 cm³/mol. The maximum atomic E-state index is 11.2. The van der Waals surface area contributed by atoms with Gasteiger partial charge in [-0.05, 0) is 30.3 Å². The molecular formula is C13H7ClO3. The van der Waals surface area contributed by atoms with Gasteiger partial charge in [0.1, 0.15) is 11.2 Å². The summed E-state index contributed by atoms with van der Waals surface area (Å²) in [5, 5.41) is 11.0. The number of carbonyl (C=O) groups is 1. The van der Waals surface area contributed by atoms with E-state index in [1.165, 1.54) is 0 Å². The average molecular weight is 247 g/mol. The van der Waals surface area contributed by atoms with Crippen molar-refractivity contribution in [3.05, 3.63) is 47.0 Å². The lowest BCUT2D eigenvalue weighted by Crippen LogP contribution is -1.95. The minimum atomic E-state index is -0.974. The number of rotatable bonds is 1. The van der Waals surface area contributed by atoms with Crippen LogP contribution >= 0.6 is 11.6 Å². The van der Waals surface area contributed by atoms with Crippen molar-refractivity contribution in [1.29, 1.82) is 0 Å². The molecule has 0 radical (unpaired) electrons. The fraction of sp³-hybridized carbons (Fsp3) is 0. The van der Waals surface area contributed by atoms with E-state index in [2.05, 4.69) is 0 Å². The van der Waals surface area contributed by atoms with E-state index < -0.39 is 5.97 Å². The van der Waals surface area contributed by atoms with Gasteiger partial charge in [-0.15, -0.1) is 0 Å². The number of hydrogen-bond acceptors (Lipinski definition) is 2. The molecule has 84 valence electrons. The van der Waals surface area contributed by atoms with E-state index in [-0.39, 0.29) is 5.56 Å². The van der Waals surface area contributed by atoms with E-state index in [1.54, 1.807) is 36.4 Å². The van der Waals surface area contributed by atoms with Gasteiger partial charge in [-0.3, -0.25) is 0 Å². The monoisotopic (exact) mass is 246 g/mol. The molecule has 0 spiro atoms. The van der Waals surface area contributed by atoms with Crippen molar-refractivity contribution in [2.75, 3.05) is 0 Å². The van der Waals surface area contributed by atoms with Gasteiger partial charge in [0, 0.05) is 15.8 Å². The lowest BCUT2D eigenvalue weighted by molar-refractivity contribution is 0.0699. The molecule has 1 aromatic heterocycles. The van der Waals surface area contributed by atoms with Crippen LogP contribution in [-0.2, 0) is 0 Å². The number of fused-ring (bicyclic) bond motifs is 3. The Balaban J connectivity index is 2.56. The number of halogens is 1. The molecule has 0 bridgehead atoms. The van der Waals surface area contributed by atoms with Gasteiger partial charge in [-0.2, -0.15) is 0 Å². The first-order chi connectivity index (χ1) is 8.16. The highest BCUT2D eigenvalue weighted by atomic mass is 35.5. The summed E-state index contributed by atoms with van der Waals surface area (Å²) >= 11 is 5.92. The van der Waals surface area contributed by atoms with Gasteiger partial charge in [0.05, 0.1) is 5.56 Å². The molecule has 3 aromatic rings. The SMILES string of the molecule is O=C(O)c1cccc2oc3ccc(Cl)cc3c12. The molecule has 0 amide bonds. The van der Waals surface area contributed by atoms with E-state index in [4.69, 9.17) is 21.1 Å². The third-order valence-electron chi connectivity index (χ3n) is 2.69. The largest absolute Gasteiger partial charge is 0.478 e. The normalized spacial score (nSPS) is 11.1. The first-order valence-corrected chi connectivity index (χ1v) is 5.38. The van der Waals surface area contributed by atoms with Crippen LogP contribution in [0.4, 0.5) is 0 Å². The maximum absolute atomic E-state index is 11.2. The molecular weight excluding hydrogens is 240 g/mol. The molecule has 0 aliphatic carbocycles.